The number of aryl methyl sites for hydroxylation is 1. The van der Waals surface area contributed by atoms with Crippen LogP contribution in [0.1, 0.15) is 82.7 Å². The molecule has 4 amide bonds. The van der Waals surface area contributed by atoms with Gasteiger partial charge in [-0.15, -0.1) is 5.10 Å². The number of piperidine rings is 1. The largest absolute Gasteiger partial charge is 0.385 e. The number of nitrogens with one attached hydrogen (secondary N) is 2. The second-order valence-electron chi connectivity index (χ2n) is 17.6. The summed E-state index contributed by atoms with van der Waals surface area (Å²) in [6, 6.07) is 8.13. The number of alkyl halides is 2. The van der Waals surface area contributed by atoms with E-state index in [1.807, 2.05) is 17.0 Å². The average molecular weight is 930 g/mol. The summed E-state index contributed by atoms with van der Waals surface area (Å²) in [6.45, 7) is 13.5. The van der Waals surface area contributed by atoms with Gasteiger partial charge in [0.2, 0.25) is 0 Å². The van der Waals surface area contributed by atoms with Crippen molar-refractivity contribution in [3.8, 4) is 0 Å². The van der Waals surface area contributed by atoms with Crippen LogP contribution < -0.4 is 26.2 Å². The van der Waals surface area contributed by atoms with Gasteiger partial charge in [0.05, 0.1) is 47.0 Å². The van der Waals surface area contributed by atoms with Gasteiger partial charge in [-0.1, -0.05) is 36.9 Å². The average Bonchev–Trinajstić information content (AvgIpc) is 3.92. The summed E-state index contributed by atoms with van der Waals surface area (Å²) < 4.78 is 38.2. The molecule has 352 valence electrons. The Labute approximate surface area is 388 Å². The number of carbonyl (C=O) groups excluding carboxylic acids is 3. The number of imidazole rings is 1. The molecule has 7 heterocycles. The van der Waals surface area contributed by atoms with Crippen molar-refractivity contribution >= 4 is 63.5 Å². The summed E-state index contributed by atoms with van der Waals surface area (Å²) in [7, 11) is 3.58. The van der Waals surface area contributed by atoms with Crippen LogP contribution in [0.2, 0.25) is 5.02 Å². The van der Waals surface area contributed by atoms with E-state index in [9.17, 15) is 14.4 Å². The van der Waals surface area contributed by atoms with Crippen LogP contribution in [0.15, 0.2) is 55.4 Å². The molecule has 1 saturated carbocycles. The van der Waals surface area contributed by atoms with Crippen molar-refractivity contribution in [2.24, 2.45) is 5.73 Å². The first-order chi connectivity index (χ1) is 31.7. The number of nitrogens with zero attached hydrogens (tertiary/aromatic N) is 9. The zero-order chi connectivity index (χ0) is 46.9. The molecular formula is C47H59ClF2N12O4. The summed E-state index contributed by atoms with van der Waals surface area (Å²) in [5.74, 6) is -3.68. The standard InChI is InChI=1S/C42H49ClF2N12O3.C5H10O/c1-25(28-8-5-9-32-29(28)11-16-55(32)36-22-30(47-4)39-48-23-34(38(46)58)57(39)51-36)7-6-13-52-17-19-53(20-18-52)35-12-14-54(24-42(35,44)45)40(59)31-21-33(37(43)27(3)50-31)56-15-10-26(2)49-41(56)60;1-6-5-3-2-4-5/h5,8-9,21-23,35,47H,1-2,6-7,10-20,24H2,3-4H3,(H2,46,58)(H,49,60);5H,2-4H2,1H3. The summed E-state index contributed by atoms with van der Waals surface area (Å²) in [6.07, 6.45) is 9.10. The fourth-order valence-electron chi connectivity index (χ4n) is 9.52. The van der Waals surface area contributed by atoms with E-state index >= 15 is 8.78 Å². The molecule has 0 bridgehead atoms. The molecule has 5 aliphatic rings. The highest BCUT2D eigenvalue weighted by molar-refractivity contribution is 6.34. The van der Waals surface area contributed by atoms with Crippen molar-refractivity contribution in [3.63, 3.8) is 0 Å². The summed E-state index contributed by atoms with van der Waals surface area (Å²) in [5, 5.41) is 10.8. The third-order valence-electron chi connectivity index (χ3n) is 13.5. The predicted molar refractivity (Wildman–Crippen MR) is 252 cm³/mol. The number of primary amides is 1. The lowest BCUT2D eigenvalue weighted by Crippen LogP contribution is -2.62. The van der Waals surface area contributed by atoms with Gasteiger partial charge in [-0.25, -0.2) is 28.1 Å². The predicted octanol–water partition coefficient (Wildman–Crippen LogP) is 6.50. The van der Waals surface area contributed by atoms with E-state index in [1.165, 1.54) is 46.5 Å². The van der Waals surface area contributed by atoms with Gasteiger partial charge in [-0.3, -0.25) is 19.4 Å². The van der Waals surface area contributed by atoms with E-state index in [2.05, 4.69) is 55.7 Å². The van der Waals surface area contributed by atoms with Gasteiger partial charge in [0, 0.05) is 83.8 Å². The van der Waals surface area contributed by atoms with Crippen molar-refractivity contribution in [2.45, 2.75) is 76.4 Å². The van der Waals surface area contributed by atoms with E-state index in [0.29, 0.717) is 80.3 Å². The van der Waals surface area contributed by atoms with E-state index in [-0.39, 0.29) is 29.4 Å². The number of pyridine rings is 1. The Morgan fingerprint density at radius 3 is 2.45 bits per heavy atom. The molecule has 66 heavy (non-hydrogen) atoms. The normalized spacial score (nSPS) is 20.1. The molecule has 4 fully saturated rings. The van der Waals surface area contributed by atoms with Crippen LogP contribution in [0, 0.1) is 6.92 Å². The number of urea groups is 1. The van der Waals surface area contributed by atoms with Gasteiger partial charge in [0.1, 0.15) is 11.4 Å². The SMILES string of the molecule is C=C1CCN(c2cc(C(=O)N3CCC(N4CCN(CCCC(=C)c5cccc6c5CCN6c5cc(NC)c6ncc(C(N)=O)n6n5)CC4)C(F)(F)C3)nc(C)c2Cl)C(=O)N1.COC1CCC1. The highest BCUT2D eigenvalue weighted by Gasteiger charge is 2.49. The second-order valence-corrected chi connectivity index (χ2v) is 18.0. The van der Waals surface area contributed by atoms with Crippen LogP contribution in [0.5, 0.6) is 0 Å². The summed E-state index contributed by atoms with van der Waals surface area (Å²) in [5.41, 5.74) is 12.6. The minimum absolute atomic E-state index is 0.0287. The fraction of sp³-hybridized carbons (Fsp3) is 0.489. The first kappa shape index (κ1) is 46.8. The van der Waals surface area contributed by atoms with Crippen LogP contribution >= 0.6 is 11.6 Å². The minimum atomic E-state index is -3.12. The quantitative estimate of drug-likeness (QED) is 0.142. The Hall–Kier alpha value is -5.69. The number of fused-ring (bicyclic) bond motifs is 2. The number of ether oxygens (including phenoxy) is 1. The second kappa shape index (κ2) is 19.6. The van der Waals surface area contributed by atoms with E-state index < -0.39 is 36.4 Å². The van der Waals surface area contributed by atoms with Crippen molar-refractivity contribution < 1.29 is 27.9 Å². The Kier molecular flexibility index (Phi) is 13.9. The lowest BCUT2D eigenvalue weighted by molar-refractivity contribution is -0.126. The number of halogens is 3. The highest BCUT2D eigenvalue weighted by Crippen LogP contribution is 2.40. The van der Waals surface area contributed by atoms with Crippen LogP contribution in [-0.4, -0.2) is 143 Å². The van der Waals surface area contributed by atoms with Crippen molar-refractivity contribution in [2.75, 3.05) is 88.2 Å². The summed E-state index contributed by atoms with van der Waals surface area (Å²) in [4.78, 5) is 55.9. The molecule has 0 spiro atoms. The molecule has 9 rings (SSSR count). The first-order valence-corrected chi connectivity index (χ1v) is 23.1. The van der Waals surface area contributed by atoms with Gasteiger partial charge in [-0.2, -0.15) is 0 Å². The zero-order valence-electron chi connectivity index (χ0n) is 37.9. The van der Waals surface area contributed by atoms with Crippen LogP contribution in [0.25, 0.3) is 11.2 Å². The number of likely N-dealkylation sites (tertiary alicyclic amines) is 1. The molecule has 19 heteroatoms. The number of rotatable bonds is 12. The zero-order valence-corrected chi connectivity index (χ0v) is 38.7. The first-order valence-electron chi connectivity index (χ1n) is 22.7. The van der Waals surface area contributed by atoms with Gasteiger partial charge >= 0.3 is 6.03 Å². The van der Waals surface area contributed by atoms with Crippen molar-refractivity contribution in [3.05, 3.63) is 88.6 Å². The summed E-state index contributed by atoms with van der Waals surface area (Å²) >= 11 is 6.51. The molecule has 3 aromatic heterocycles. The van der Waals surface area contributed by atoms with Crippen LogP contribution in [-0.2, 0) is 11.2 Å². The highest BCUT2D eigenvalue weighted by atomic mass is 35.5. The number of nitrogens with two attached hydrogens (primary N) is 1. The number of benzene rings is 1. The van der Waals surface area contributed by atoms with Gasteiger partial charge < -0.3 is 35.8 Å². The van der Waals surface area contributed by atoms with Crippen molar-refractivity contribution in [1.29, 1.82) is 0 Å². The van der Waals surface area contributed by atoms with Gasteiger partial charge in [0.25, 0.3) is 17.7 Å². The number of anilines is 4. The maximum Gasteiger partial charge on any atom is 0.326 e. The molecule has 4 N–H and O–H groups in total. The fourth-order valence-corrected chi connectivity index (χ4v) is 9.72. The third-order valence-corrected chi connectivity index (χ3v) is 13.9. The van der Waals surface area contributed by atoms with E-state index in [4.69, 9.17) is 27.2 Å². The molecule has 4 aromatic rings. The number of allylic oxidation sites excluding steroid dienone is 1. The number of methoxy groups -OCH3 is 1. The molecule has 3 saturated heterocycles. The Bertz CT molecular complexity index is 2520. The number of amides is 4. The maximum absolute atomic E-state index is 15.9. The molecule has 1 aliphatic carbocycles. The Morgan fingerprint density at radius 1 is 1.05 bits per heavy atom. The van der Waals surface area contributed by atoms with Gasteiger partial charge in [-0.05, 0) is 87.2 Å². The smallest absolute Gasteiger partial charge is 0.326 e. The van der Waals surface area contributed by atoms with E-state index in [1.54, 1.807) is 21.1 Å². The topological polar surface area (TPSA) is 170 Å². The molecule has 1 atom stereocenters. The molecule has 4 aliphatic heterocycles. The van der Waals surface area contributed by atoms with E-state index in [0.717, 1.165) is 53.2 Å². The number of aromatic nitrogens is 4. The Balaban J connectivity index is 0.000000914. The number of hydrogen-bond acceptors (Lipinski definition) is 11. The molecule has 0 radical (unpaired) electrons. The van der Waals surface area contributed by atoms with Crippen LogP contribution in [0.4, 0.5) is 36.5 Å². The lowest BCUT2D eigenvalue weighted by Gasteiger charge is -2.46. The molecule has 16 nitrogen and oxygen atoms in total. The third kappa shape index (κ3) is 9.59. The number of piperazine rings is 1. The molecule has 1 unspecified atom stereocenters. The lowest BCUT2D eigenvalue weighted by atomic mass is 9.95. The monoisotopic (exact) mass is 928 g/mol. The number of carbonyl (C=O) groups is 3. The number of hydrogen-bond donors (Lipinski definition) is 3. The Morgan fingerprint density at radius 2 is 1.80 bits per heavy atom. The maximum atomic E-state index is 15.9. The molecular weight excluding hydrogens is 870 g/mol. The minimum Gasteiger partial charge on any atom is -0.385 e. The van der Waals surface area contributed by atoms with Crippen molar-refractivity contribution in [1.82, 2.24) is 39.6 Å². The van der Waals surface area contributed by atoms with Crippen LogP contribution in [0.3, 0.4) is 0 Å². The molecule has 1 aromatic carbocycles. The van der Waals surface area contributed by atoms with Gasteiger partial charge in [0.15, 0.2) is 11.5 Å².